The average Bonchev–Trinajstić information content (AvgIpc) is 1.82. The van der Waals surface area contributed by atoms with Crippen LogP contribution in [0.25, 0.3) is 0 Å². The van der Waals surface area contributed by atoms with Gasteiger partial charge < -0.3 is 5.11 Å². The van der Waals surface area contributed by atoms with Crippen molar-refractivity contribution in [3.05, 3.63) is 12.2 Å². The number of aliphatic hydroxyl groups is 1. The summed E-state index contributed by atoms with van der Waals surface area (Å²) in [6.07, 6.45) is 2.15. The van der Waals surface area contributed by atoms with Gasteiger partial charge in [0.25, 0.3) is 0 Å². The van der Waals surface area contributed by atoms with E-state index in [1.165, 1.54) is 12.0 Å². The van der Waals surface area contributed by atoms with Gasteiger partial charge in [0.2, 0.25) is 0 Å². The fourth-order valence-electron chi connectivity index (χ4n) is 2.05. The van der Waals surface area contributed by atoms with Crippen LogP contribution in [-0.4, -0.2) is 11.2 Å². The van der Waals surface area contributed by atoms with E-state index in [1.54, 1.807) is 0 Å². The first-order valence-electron chi connectivity index (χ1n) is 4.32. The maximum atomic E-state index is 9.51. The number of allylic oxidation sites excluding steroid dienone is 1. The highest BCUT2D eigenvalue weighted by molar-refractivity contribution is 5.11. The highest BCUT2D eigenvalue weighted by Gasteiger charge is 2.46. The van der Waals surface area contributed by atoms with Gasteiger partial charge in [-0.05, 0) is 38.0 Å². The molecule has 1 heteroatoms. The number of hydrogen-bond acceptors (Lipinski definition) is 1. The molecule has 3 atom stereocenters. The molecule has 0 aromatic rings. The van der Waals surface area contributed by atoms with Gasteiger partial charge >= 0.3 is 0 Å². The molecule has 0 aromatic carbocycles. The van der Waals surface area contributed by atoms with Gasteiger partial charge in [-0.3, -0.25) is 0 Å². The summed E-state index contributed by atoms with van der Waals surface area (Å²) in [7, 11) is 0. The van der Waals surface area contributed by atoms with Crippen molar-refractivity contribution in [2.75, 3.05) is 0 Å². The zero-order valence-electron chi connectivity index (χ0n) is 7.72. The Kier molecular flexibility index (Phi) is 2.10. The first-order valence-corrected chi connectivity index (χ1v) is 4.32. The van der Waals surface area contributed by atoms with E-state index < -0.39 is 0 Å². The Labute approximate surface area is 69.1 Å². The third-order valence-corrected chi connectivity index (χ3v) is 3.32. The molecule has 1 rings (SSSR count). The number of rotatable bonds is 2. The van der Waals surface area contributed by atoms with Crippen molar-refractivity contribution in [3.63, 3.8) is 0 Å². The summed E-state index contributed by atoms with van der Waals surface area (Å²) in [5.74, 6) is 0.544. The summed E-state index contributed by atoms with van der Waals surface area (Å²) in [6, 6.07) is 0. The monoisotopic (exact) mass is 154 g/mol. The van der Waals surface area contributed by atoms with E-state index in [4.69, 9.17) is 0 Å². The smallest absolute Gasteiger partial charge is 0.0571 e. The lowest BCUT2D eigenvalue weighted by atomic mass is 9.56. The second-order valence-electron chi connectivity index (χ2n) is 4.12. The van der Waals surface area contributed by atoms with Crippen LogP contribution in [0.1, 0.15) is 33.6 Å². The quantitative estimate of drug-likeness (QED) is 0.605. The maximum Gasteiger partial charge on any atom is 0.0571 e. The van der Waals surface area contributed by atoms with Gasteiger partial charge in [0.1, 0.15) is 0 Å². The Morgan fingerprint density at radius 1 is 1.73 bits per heavy atom. The summed E-state index contributed by atoms with van der Waals surface area (Å²) in [4.78, 5) is 0. The molecule has 0 spiro atoms. The second kappa shape index (κ2) is 2.63. The van der Waals surface area contributed by atoms with Gasteiger partial charge in [0, 0.05) is 0 Å². The van der Waals surface area contributed by atoms with E-state index in [2.05, 4.69) is 20.4 Å². The third kappa shape index (κ3) is 1.22. The summed E-state index contributed by atoms with van der Waals surface area (Å²) < 4.78 is 0. The SMILES string of the molecule is C=C(C)C1CCC1(C)C(C)O. The summed E-state index contributed by atoms with van der Waals surface area (Å²) in [6.45, 7) is 10.0. The summed E-state index contributed by atoms with van der Waals surface area (Å²) >= 11 is 0. The van der Waals surface area contributed by atoms with E-state index in [0.717, 1.165) is 6.42 Å². The lowest BCUT2D eigenvalue weighted by Crippen LogP contribution is -2.46. The van der Waals surface area contributed by atoms with Crippen LogP contribution in [-0.2, 0) is 0 Å². The van der Waals surface area contributed by atoms with Crippen LogP contribution in [0.5, 0.6) is 0 Å². The Hall–Kier alpha value is -0.300. The standard InChI is InChI=1S/C10H18O/c1-7(2)9-5-6-10(9,4)8(3)11/h8-9,11H,1,5-6H2,2-4H3. The van der Waals surface area contributed by atoms with Crippen molar-refractivity contribution < 1.29 is 5.11 Å². The van der Waals surface area contributed by atoms with Crippen LogP contribution in [0.3, 0.4) is 0 Å². The van der Waals surface area contributed by atoms with E-state index in [-0.39, 0.29) is 11.5 Å². The first-order chi connectivity index (χ1) is 4.98. The maximum absolute atomic E-state index is 9.51. The van der Waals surface area contributed by atoms with Gasteiger partial charge in [0.15, 0.2) is 0 Å². The van der Waals surface area contributed by atoms with Crippen molar-refractivity contribution in [1.29, 1.82) is 0 Å². The number of aliphatic hydroxyl groups excluding tert-OH is 1. The first kappa shape index (κ1) is 8.79. The summed E-state index contributed by atoms with van der Waals surface area (Å²) in [5.41, 5.74) is 1.34. The topological polar surface area (TPSA) is 20.2 Å². The lowest BCUT2D eigenvalue weighted by Gasteiger charge is -2.50. The molecule has 0 aromatic heterocycles. The fraction of sp³-hybridized carbons (Fsp3) is 0.800. The molecule has 0 saturated heterocycles. The van der Waals surface area contributed by atoms with E-state index in [0.29, 0.717) is 5.92 Å². The molecule has 1 N–H and O–H groups in total. The van der Waals surface area contributed by atoms with Crippen molar-refractivity contribution in [2.24, 2.45) is 11.3 Å². The van der Waals surface area contributed by atoms with Crippen LogP contribution in [0, 0.1) is 11.3 Å². The molecule has 0 heterocycles. The van der Waals surface area contributed by atoms with Gasteiger partial charge in [-0.15, -0.1) is 0 Å². The Morgan fingerprint density at radius 3 is 2.36 bits per heavy atom. The van der Waals surface area contributed by atoms with E-state index >= 15 is 0 Å². The van der Waals surface area contributed by atoms with Crippen LogP contribution >= 0.6 is 0 Å². The predicted molar refractivity (Wildman–Crippen MR) is 47.3 cm³/mol. The Morgan fingerprint density at radius 2 is 2.27 bits per heavy atom. The highest BCUT2D eigenvalue weighted by Crippen LogP contribution is 2.51. The molecule has 11 heavy (non-hydrogen) atoms. The zero-order chi connectivity index (χ0) is 8.65. The Balaban J connectivity index is 2.67. The van der Waals surface area contributed by atoms with Crippen molar-refractivity contribution in [3.8, 4) is 0 Å². The minimum absolute atomic E-state index is 0.117. The van der Waals surface area contributed by atoms with Gasteiger partial charge in [-0.2, -0.15) is 0 Å². The molecule has 0 aliphatic heterocycles. The van der Waals surface area contributed by atoms with E-state index in [1.807, 2.05) is 6.92 Å². The van der Waals surface area contributed by atoms with Crippen LogP contribution < -0.4 is 0 Å². The average molecular weight is 154 g/mol. The normalized spacial score (nSPS) is 39.5. The van der Waals surface area contributed by atoms with Gasteiger partial charge in [-0.25, -0.2) is 0 Å². The molecule has 0 radical (unpaired) electrons. The van der Waals surface area contributed by atoms with Crippen LogP contribution in [0.2, 0.25) is 0 Å². The highest BCUT2D eigenvalue weighted by atomic mass is 16.3. The predicted octanol–water partition coefficient (Wildman–Crippen LogP) is 2.36. The molecule has 0 amide bonds. The molecule has 1 fully saturated rings. The van der Waals surface area contributed by atoms with Crippen molar-refractivity contribution >= 4 is 0 Å². The van der Waals surface area contributed by atoms with Crippen molar-refractivity contribution in [2.45, 2.75) is 39.7 Å². The van der Waals surface area contributed by atoms with Crippen LogP contribution in [0.15, 0.2) is 12.2 Å². The fourth-order valence-corrected chi connectivity index (χ4v) is 2.05. The van der Waals surface area contributed by atoms with Gasteiger partial charge in [-0.1, -0.05) is 19.1 Å². The molecule has 1 aliphatic carbocycles. The molecule has 1 aliphatic rings. The third-order valence-electron chi connectivity index (χ3n) is 3.32. The largest absolute Gasteiger partial charge is 0.393 e. The van der Waals surface area contributed by atoms with E-state index in [9.17, 15) is 5.11 Å². The summed E-state index contributed by atoms with van der Waals surface area (Å²) in [5, 5.41) is 9.51. The number of hydrogen-bond donors (Lipinski definition) is 1. The molecule has 0 bridgehead atoms. The van der Waals surface area contributed by atoms with Crippen molar-refractivity contribution in [1.82, 2.24) is 0 Å². The second-order valence-corrected chi connectivity index (χ2v) is 4.12. The lowest BCUT2D eigenvalue weighted by molar-refractivity contribution is -0.0488. The minimum Gasteiger partial charge on any atom is -0.393 e. The van der Waals surface area contributed by atoms with Crippen LogP contribution in [0.4, 0.5) is 0 Å². The minimum atomic E-state index is -0.196. The molecule has 1 saturated carbocycles. The molecule has 64 valence electrons. The molecular weight excluding hydrogens is 136 g/mol. The molecule has 3 unspecified atom stereocenters. The zero-order valence-corrected chi connectivity index (χ0v) is 7.72. The molecular formula is C10H18O. The Bertz CT molecular complexity index is 172. The van der Waals surface area contributed by atoms with Gasteiger partial charge in [0.05, 0.1) is 6.10 Å². The molecule has 1 nitrogen and oxygen atoms in total.